The molecule has 18 heteroatoms. The van der Waals surface area contributed by atoms with Crippen molar-refractivity contribution in [2.24, 2.45) is 10.8 Å². The van der Waals surface area contributed by atoms with E-state index in [4.69, 9.17) is 14.5 Å². The quantitative estimate of drug-likeness (QED) is 0.100. The molecule has 0 saturated carbocycles. The fraction of sp³-hybridized carbons (Fsp3) is 0.500. The van der Waals surface area contributed by atoms with Gasteiger partial charge < -0.3 is 35.0 Å². The molecule has 4 atom stereocenters. The molecule has 5 amide bonds. The molecule has 0 bridgehead atoms. The van der Waals surface area contributed by atoms with Crippen LogP contribution < -0.4 is 16.1 Å². The lowest BCUT2D eigenvalue weighted by Gasteiger charge is -2.38. The SMILES string of the molecule is COCc1nc(CN2CCN(C(C(=O)NC(Cc3ccccc3)C(O)CN(Cc3csc(-c4ccccn4)n3)NC(=O)C(NC(=O)OC)C(C)(C)C)C(C)(C)C)C2=O)cs1. The first-order valence-electron chi connectivity index (χ1n) is 19.7. The van der Waals surface area contributed by atoms with Crippen molar-refractivity contribution in [2.45, 2.75) is 91.9 Å². The van der Waals surface area contributed by atoms with Gasteiger partial charge in [-0.05, 0) is 34.9 Å². The number of rotatable bonds is 18. The Balaban J connectivity index is 1.40. The van der Waals surface area contributed by atoms with Crippen LogP contribution >= 0.6 is 22.7 Å². The number of hydrogen-bond acceptors (Lipinski definition) is 13. The maximum Gasteiger partial charge on any atom is 0.407 e. The third-order valence-electron chi connectivity index (χ3n) is 9.86. The molecule has 1 saturated heterocycles. The van der Waals surface area contributed by atoms with Crippen LogP contribution in [0.3, 0.4) is 0 Å². The van der Waals surface area contributed by atoms with Gasteiger partial charge in [0, 0.05) is 43.7 Å². The molecule has 5 rings (SSSR count). The van der Waals surface area contributed by atoms with Crippen molar-refractivity contribution in [1.82, 2.24) is 45.8 Å². The molecule has 60 heavy (non-hydrogen) atoms. The summed E-state index contributed by atoms with van der Waals surface area (Å²) in [5.74, 6) is -0.958. The first kappa shape index (κ1) is 46.1. The summed E-state index contributed by atoms with van der Waals surface area (Å²) >= 11 is 2.86. The number of carbonyl (C=O) groups excluding carboxylic acids is 4. The van der Waals surface area contributed by atoms with Crippen molar-refractivity contribution in [3.63, 3.8) is 0 Å². The molecule has 1 fully saturated rings. The van der Waals surface area contributed by atoms with E-state index in [1.165, 1.54) is 34.8 Å². The molecular weight excluding hydrogens is 807 g/mol. The van der Waals surface area contributed by atoms with Gasteiger partial charge in [-0.2, -0.15) is 0 Å². The number of nitrogens with zero attached hydrogens (tertiary/aromatic N) is 6. The molecule has 3 aromatic heterocycles. The van der Waals surface area contributed by atoms with E-state index in [1.807, 2.05) is 101 Å². The zero-order valence-corrected chi connectivity index (χ0v) is 37.1. The van der Waals surface area contributed by atoms with Gasteiger partial charge >= 0.3 is 12.1 Å². The lowest BCUT2D eigenvalue weighted by atomic mass is 9.84. The Kier molecular flexibility index (Phi) is 15.7. The molecular formula is C42H57N9O7S2. The fourth-order valence-corrected chi connectivity index (χ4v) is 8.51. The highest BCUT2D eigenvalue weighted by Gasteiger charge is 2.44. The van der Waals surface area contributed by atoms with Gasteiger partial charge in [0.1, 0.15) is 22.1 Å². The maximum atomic E-state index is 14.6. The molecule has 16 nitrogen and oxygen atoms in total. The van der Waals surface area contributed by atoms with Crippen molar-refractivity contribution in [2.75, 3.05) is 33.9 Å². The van der Waals surface area contributed by atoms with Crippen LogP contribution in [-0.2, 0) is 45.2 Å². The number of ether oxygens (including phenoxy) is 2. The van der Waals surface area contributed by atoms with Crippen LogP contribution in [0, 0.1) is 10.8 Å². The number of thiazole rings is 2. The van der Waals surface area contributed by atoms with Gasteiger partial charge in [-0.1, -0.05) is 77.9 Å². The summed E-state index contributed by atoms with van der Waals surface area (Å²) < 4.78 is 10.0. The standard InChI is InChI=1S/C42H57N9O7S2/c1-41(2,3)34(47-39(55)58-8)36(53)48-50(22-29-26-60-38(45-29)30-16-12-13-17-43-30)23-32(52)31(20-27-14-10-9-11-15-27)46-37(54)35(42(4,5)6)51-19-18-49(40(51)56)21-28-25-59-33(44-28)24-57-7/h9-17,25-26,31-32,34-35,52H,18-24H2,1-8H3,(H,46,54)(H,47,55)(H,48,53). The number of carbonyl (C=O) groups is 4. The van der Waals surface area contributed by atoms with E-state index in [0.717, 1.165) is 16.3 Å². The smallest absolute Gasteiger partial charge is 0.407 e. The topological polar surface area (TPSA) is 191 Å². The van der Waals surface area contributed by atoms with E-state index in [-0.39, 0.29) is 25.5 Å². The third kappa shape index (κ3) is 12.5. The highest BCUT2D eigenvalue weighted by Crippen LogP contribution is 2.30. The summed E-state index contributed by atoms with van der Waals surface area (Å²) in [6.45, 7) is 12.5. The van der Waals surface area contributed by atoms with E-state index in [9.17, 15) is 24.3 Å². The molecule has 4 aromatic rings. The number of aromatic nitrogens is 3. The van der Waals surface area contributed by atoms with Crippen LogP contribution in [0.15, 0.2) is 65.5 Å². The van der Waals surface area contributed by atoms with Gasteiger partial charge in [0.25, 0.3) is 5.91 Å². The zero-order valence-electron chi connectivity index (χ0n) is 35.5. The normalized spacial score (nSPS) is 15.4. The summed E-state index contributed by atoms with van der Waals surface area (Å²) in [6, 6.07) is 12.0. The Hall–Kier alpha value is -5.01. The summed E-state index contributed by atoms with van der Waals surface area (Å²) in [4.78, 5) is 71.9. The Bertz CT molecular complexity index is 2040. The second-order valence-corrected chi connectivity index (χ2v) is 18.7. The van der Waals surface area contributed by atoms with Crippen LogP contribution in [0.25, 0.3) is 10.7 Å². The average molecular weight is 864 g/mol. The van der Waals surface area contributed by atoms with Gasteiger partial charge in [0.15, 0.2) is 0 Å². The Morgan fingerprint density at radius 2 is 1.62 bits per heavy atom. The van der Waals surface area contributed by atoms with Gasteiger partial charge in [-0.15, -0.1) is 22.7 Å². The molecule has 4 N–H and O–H groups in total. The first-order chi connectivity index (χ1) is 28.5. The van der Waals surface area contributed by atoms with Crippen molar-refractivity contribution < 1.29 is 33.8 Å². The van der Waals surface area contributed by atoms with E-state index >= 15 is 0 Å². The summed E-state index contributed by atoms with van der Waals surface area (Å²) in [7, 11) is 2.83. The van der Waals surface area contributed by atoms with E-state index < -0.39 is 53.0 Å². The molecule has 1 aliphatic heterocycles. The fourth-order valence-electron chi connectivity index (χ4n) is 6.97. The summed E-state index contributed by atoms with van der Waals surface area (Å²) in [6.07, 6.45) is -0.0886. The third-order valence-corrected chi connectivity index (χ3v) is 11.6. The number of urea groups is 1. The van der Waals surface area contributed by atoms with Crippen LogP contribution in [0.4, 0.5) is 9.59 Å². The van der Waals surface area contributed by atoms with Crippen molar-refractivity contribution in [3.8, 4) is 10.7 Å². The van der Waals surface area contributed by atoms with Gasteiger partial charge in [-0.25, -0.2) is 24.6 Å². The van der Waals surface area contributed by atoms with E-state index in [2.05, 4.69) is 26.0 Å². The highest BCUT2D eigenvalue weighted by molar-refractivity contribution is 7.13. The molecule has 1 aliphatic rings. The number of alkyl carbamates (subject to hydrolysis) is 1. The van der Waals surface area contributed by atoms with Gasteiger partial charge in [-0.3, -0.25) is 20.0 Å². The number of nitrogens with one attached hydrogen (secondary N) is 3. The predicted octanol–water partition coefficient (Wildman–Crippen LogP) is 4.85. The Labute approximate surface area is 359 Å². The monoisotopic (exact) mass is 863 g/mol. The van der Waals surface area contributed by atoms with Gasteiger partial charge in [0.05, 0.1) is 56.0 Å². The predicted molar refractivity (Wildman–Crippen MR) is 229 cm³/mol. The Morgan fingerprint density at radius 1 is 0.900 bits per heavy atom. The molecule has 324 valence electrons. The Morgan fingerprint density at radius 3 is 2.27 bits per heavy atom. The number of hydrogen-bond donors (Lipinski definition) is 4. The van der Waals surface area contributed by atoms with E-state index in [0.29, 0.717) is 42.6 Å². The summed E-state index contributed by atoms with van der Waals surface area (Å²) in [5, 5.41) is 24.7. The minimum absolute atomic E-state index is 0.0713. The molecule has 4 unspecified atom stereocenters. The minimum atomic E-state index is -1.25. The number of pyridine rings is 1. The first-order valence-corrected chi connectivity index (χ1v) is 21.5. The zero-order chi connectivity index (χ0) is 43.6. The van der Waals surface area contributed by atoms with Crippen molar-refractivity contribution >= 4 is 46.6 Å². The maximum absolute atomic E-state index is 14.6. The summed E-state index contributed by atoms with van der Waals surface area (Å²) in [5.41, 5.74) is 4.41. The van der Waals surface area contributed by atoms with Crippen LogP contribution in [0.2, 0.25) is 0 Å². The lowest BCUT2D eigenvalue weighted by molar-refractivity contribution is -0.133. The highest BCUT2D eigenvalue weighted by atomic mass is 32.1. The largest absolute Gasteiger partial charge is 0.453 e. The number of aliphatic hydroxyl groups is 1. The number of hydrazine groups is 1. The van der Waals surface area contributed by atoms with Crippen molar-refractivity contribution in [1.29, 1.82) is 0 Å². The van der Waals surface area contributed by atoms with Crippen molar-refractivity contribution in [3.05, 3.63) is 87.4 Å². The molecule has 1 aromatic carbocycles. The van der Waals surface area contributed by atoms with E-state index in [1.54, 1.807) is 23.1 Å². The molecule has 0 spiro atoms. The average Bonchev–Trinajstić information content (AvgIpc) is 3.94. The van der Waals surface area contributed by atoms with Crippen LogP contribution in [-0.4, -0.2) is 117 Å². The minimum Gasteiger partial charge on any atom is -0.453 e. The second-order valence-electron chi connectivity index (χ2n) is 16.9. The van der Waals surface area contributed by atoms with Crippen LogP contribution in [0.1, 0.15) is 63.5 Å². The molecule has 4 heterocycles. The number of aliphatic hydroxyl groups excluding tert-OH is 1. The second kappa shape index (κ2) is 20.5. The molecule has 0 aliphatic carbocycles. The molecule has 0 radical (unpaired) electrons. The lowest BCUT2D eigenvalue weighted by Crippen LogP contribution is -2.61. The number of amides is 5. The van der Waals surface area contributed by atoms with Crippen LogP contribution in [0.5, 0.6) is 0 Å². The number of methoxy groups -OCH3 is 2. The van der Waals surface area contributed by atoms with Gasteiger partial charge in [0.2, 0.25) is 5.91 Å². The number of benzene rings is 1.